The average molecular weight is 344 g/mol. The minimum atomic E-state index is -1.08. The van der Waals surface area contributed by atoms with E-state index in [9.17, 15) is 19.2 Å². The molecular weight excluding hydrogens is 320 g/mol. The number of nitrogens with zero attached hydrogens (tertiary/aromatic N) is 2. The molecule has 0 aliphatic carbocycles. The van der Waals surface area contributed by atoms with Crippen molar-refractivity contribution in [1.29, 1.82) is 0 Å². The Hall–Kier alpha value is -2.20. The van der Waals surface area contributed by atoms with E-state index < -0.39 is 11.9 Å². The van der Waals surface area contributed by atoms with E-state index >= 15 is 0 Å². The fourth-order valence-electron chi connectivity index (χ4n) is 2.32. The van der Waals surface area contributed by atoms with E-state index in [1.807, 2.05) is 0 Å². The van der Waals surface area contributed by atoms with Crippen LogP contribution < -0.4 is 10.6 Å². The summed E-state index contributed by atoms with van der Waals surface area (Å²) in [5.74, 6) is -2.71. The molecule has 4 N–H and O–H groups in total. The van der Waals surface area contributed by atoms with E-state index in [0.29, 0.717) is 25.9 Å². The van der Waals surface area contributed by atoms with Crippen LogP contribution in [-0.4, -0.2) is 96.1 Å². The number of carbonyl (C=O) groups excluding carboxylic acids is 2. The number of carboxylic acid groups (broad SMARTS) is 2. The van der Waals surface area contributed by atoms with E-state index in [0.717, 1.165) is 0 Å². The third-order valence-corrected chi connectivity index (χ3v) is 3.43. The number of hydrogen-bond donors (Lipinski definition) is 4. The predicted molar refractivity (Wildman–Crippen MR) is 83.4 cm³/mol. The van der Waals surface area contributed by atoms with Crippen molar-refractivity contribution in [2.45, 2.75) is 12.8 Å². The third kappa shape index (κ3) is 9.06. The first-order valence-corrected chi connectivity index (χ1v) is 7.78. The third-order valence-electron chi connectivity index (χ3n) is 3.43. The summed E-state index contributed by atoms with van der Waals surface area (Å²) in [7, 11) is 0. The zero-order chi connectivity index (χ0) is 17.9. The summed E-state index contributed by atoms with van der Waals surface area (Å²) in [4.78, 5) is 48.3. The molecule has 0 aromatic rings. The van der Waals surface area contributed by atoms with Gasteiger partial charge in [-0.05, 0) is 12.8 Å². The van der Waals surface area contributed by atoms with Gasteiger partial charge in [-0.15, -0.1) is 0 Å². The molecule has 1 aliphatic heterocycles. The van der Waals surface area contributed by atoms with Gasteiger partial charge in [0.2, 0.25) is 11.8 Å². The lowest BCUT2D eigenvalue weighted by molar-refractivity contribution is -0.141. The molecule has 0 aromatic heterocycles. The Labute approximate surface area is 139 Å². The number of hydrogen-bond acceptors (Lipinski definition) is 6. The molecule has 1 fully saturated rings. The summed E-state index contributed by atoms with van der Waals surface area (Å²) >= 11 is 0. The fourth-order valence-corrected chi connectivity index (χ4v) is 2.32. The molecule has 136 valence electrons. The van der Waals surface area contributed by atoms with Crippen molar-refractivity contribution in [3.63, 3.8) is 0 Å². The number of rotatable bonds is 4. The summed E-state index contributed by atoms with van der Waals surface area (Å²) in [6.07, 6.45) is 1.37. The summed E-state index contributed by atoms with van der Waals surface area (Å²) < 4.78 is 0. The summed E-state index contributed by atoms with van der Waals surface area (Å²) in [5, 5.41) is 23.3. The Kier molecular flexibility index (Phi) is 8.72. The van der Waals surface area contributed by atoms with Crippen molar-refractivity contribution in [3.05, 3.63) is 0 Å². The first kappa shape index (κ1) is 19.8. The highest BCUT2D eigenvalue weighted by Crippen LogP contribution is 1.96. The van der Waals surface area contributed by atoms with E-state index in [2.05, 4.69) is 10.6 Å². The molecule has 1 aliphatic rings. The molecule has 0 saturated carbocycles. The molecular formula is C14H24N4O6. The Bertz CT molecular complexity index is 428. The second kappa shape index (κ2) is 10.6. The zero-order valence-electron chi connectivity index (χ0n) is 13.5. The smallest absolute Gasteiger partial charge is 0.317 e. The number of nitrogens with one attached hydrogen (secondary N) is 2. The van der Waals surface area contributed by atoms with Crippen molar-refractivity contribution in [1.82, 2.24) is 20.4 Å². The van der Waals surface area contributed by atoms with Crippen molar-refractivity contribution >= 4 is 23.8 Å². The normalized spacial score (nSPS) is 19.8. The number of carboxylic acids is 2. The molecule has 10 heteroatoms. The molecule has 2 amide bonds. The standard InChI is InChI=1S/C14H24N4O6/c19-11-7-17(9-13(21)22)5-6-18(10-14(23)24)8-12(20)16-4-2-1-3-15-11/h1-10H2,(H,15,19)(H,16,20)(H,21,22)(H,23,24). The van der Waals surface area contributed by atoms with Gasteiger partial charge in [-0.1, -0.05) is 0 Å². The van der Waals surface area contributed by atoms with Gasteiger partial charge in [0.25, 0.3) is 0 Å². The van der Waals surface area contributed by atoms with Crippen LogP contribution in [0.3, 0.4) is 0 Å². The molecule has 1 saturated heterocycles. The number of carbonyl (C=O) groups is 4. The van der Waals surface area contributed by atoms with E-state index in [1.54, 1.807) is 0 Å². The highest BCUT2D eigenvalue weighted by atomic mass is 16.4. The first-order chi connectivity index (χ1) is 11.4. The van der Waals surface area contributed by atoms with E-state index in [-0.39, 0.29) is 51.1 Å². The largest absolute Gasteiger partial charge is 0.480 e. The maximum Gasteiger partial charge on any atom is 0.317 e. The topological polar surface area (TPSA) is 139 Å². The van der Waals surface area contributed by atoms with Crippen molar-refractivity contribution in [3.8, 4) is 0 Å². The molecule has 10 nitrogen and oxygen atoms in total. The molecule has 0 spiro atoms. The first-order valence-electron chi connectivity index (χ1n) is 7.78. The van der Waals surface area contributed by atoms with Crippen molar-refractivity contribution in [2.24, 2.45) is 0 Å². The van der Waals surface area contributed by atoms with Crippen LogP contribution in [0.5, 0.6) is 0 Å². The van der Waals surface area contributed by atoms with Crippen LogP contribution in [0.15, 0.2) is 0 Å². The van der Waals surface area contributed by atoms with Gasteiger partial charge in [-0.3, -0.25) is 29.0 Å². The summed E-state index contributed by atoms with van der Waals surface area (Å²) in [5.41, 5.74) is 0. The highest BCUT2D eigenvalue weighted by molar-refractivity contribution is 5.79. The van der Waals surface area contributed by atoms with Crippen LogP contribution in [0.1, 0.15) is 12.8 Å². The predicted octanol–water partition coefficient (Wildman–Crippen LogP) is -2.21. The quantitative estimate of drug-likeness (QED) is 0.450. The second-order valence-electron chi connectivity index (χ2n) is 5.62. The van der Waals surface area contributed by atoms with Crippen molar-refractivity contribution < 1.29 is 29.4 Å². The van der Waals surface area contributed by atoms with Gasteiger partial charge in [0, 0.05) is 26.2 Å². The van der Waals surface area contributed by atoms with Crippen molar-refractivity contribution in [2.75, 3.05) is 52.4 Å². The molecule has 0 aromatic carbocycles. The Balaban J connectivity index is 2.74. The minimum Gasteiger partial charge on any atom is -0.480 e. The lowest BCUT2D eigenvalue weighted by Gasteiger charge is -2.25. The van der Waals surface area contributed by atoms with Crippen LogP contribution >= 0.6 is 0 Å². The maximum atomic E-state index is 11.8. The second-order valence-corrected chi connectivity index (χ2v) is 5.62. The Morgan fingerprint density at radius 1 is 0.833 bits per heavy atom. The Morgan fingerprint density at radius 2 is 1.21 bits per heavy atom. The lowest BCUT2D eigenvalue weighted by Crippen LogP contribution is -2.47. The fraction of sp³-hybridized carbons (Fsp3) is 0.714. The van der Waals surface area contributed by atoms with Gasteiger partial charge in [-0.25, -0.2) is 0 Å². The van der Waals surface area contributed by atoms with E-state index in [4.69, 9.17) is 10.2 Å². The molecule has 0 radical (unpaired) electrons. The van der Waals surface area contributed by atoms with Crippen LogP contribution in [0, 0.1) is 0 Å². The molecule has 24 heavy (non-hydrogen) atoms. The number of amides is 2. The van der Waals surface area contributed by atoms with Gasteiger partial charge in [-0.2, -0.15) is 0 Å². The van der Waals surface area contributed by atoms with Gasteiger partial charge in [0.15, 0.2) is 0 Å². The minimum absolute atomic E-state index is 0.0839. The van der Waals surface area contributed by atoms with Crippen LogP contribution in [0.2, 0.25) is 0 Å². The molecule has 0 bridgehead atoms. The summed E-state index contributed by atoms with van der Waals surface area (Å²) in [6, 6.07) is 0. The van der Waals surface area contributed by atoms with Gasteiger partial charge in [0.05, 0.1) is 26.2 Å². The monoisotopic (exact) mass is 344 g/mol. The summed E-state index contributed by atoms with van der Waals surface area (Å²) in [6.45, 7) is 0.419. The highest BCUT2D eigenvalue weighted by Gasteiger charge is 2.19. The zero-order valence-corrected chi connectivity index (χ0v) is 13.5. The van der Waals surface area contributed by atoms with Crippen LogP contribution in [-0.2, 0) is 19.2 Å². The van der Waals surface area contributed by atoms with Gasteiger partial charge >= 0.3 is 11.9 Å². The van der Waals surface area contributed by atoms with Gasteiger partial charge in [0.1, 0.15) is 0 Å². The van der Waals surface area contributed by atoms with Gasteiger partial charge < -0.3 is 20.8 Å². The lowest BCUT2D eigenvalue weighted by atomic mass is 10.3. The van der Waals surface area contributed by atoms with Crippen LogP contribution in [0.25, 0.3) is 0 Å². The number of aliphatic carboxylic acids is 2. The maximum absolute atomic E-state index is 11.8. The Morgan fingerprint density at radius 3 is 1.54 bits per heavy atom. The molecule has 1 rings (SSSR count). The van der Waals surface area contributed by atoms with E-state index in [1.165, 1.54) is 9.80 Å². The molecule has 1 heterocycles. The molecule has 0 unspecified atom stereocenters. The average Bonchev–Trinajstić information content (AvgIpc) is 2.46. The van der Waals surface area contributed by atoms with Crippen LogP contribution in [0.4, 0.5) is 0 Å². The molecule has 0 atom stereocenters. The SMILES string of the molecule is O=C(O)CN1CCN(CC(=O)O)CC(=O)NCCCCNC(=O)C1.